The number of aliphatic hydroxyl groups excluding tert-OH is 1. The van der Waals surface area contributed by atoms with E-state index >= 15 is 0 Å². The van der Waals surface area contributed by atoms with Crippen LogP contribution in [0, 0.1) is 0 Å². The maximum Gasteiger partial charge on any atom is 0.124 e. The number of thiol groups is 1. The van der Waals surface area contributed by atoms with Crippen molar-refractivity contribution in [2.24, 2.45) is 0 Å². The van der Waals surface area contributed by atoms with E-state index in [1.807, 2.05) is 12.1 Å². The van der Waals surface area contributed by atoms with Gasteiger partial charge in [-0.1, -0.05) is 40.3 Å². The lowest BCUT2D eigenvalue weighted by atomic mass is 10.2. The van der Waals surface area contributed by atoms with Gasteiger partial charge in [0, 0.05) is 16.1 Å². The average Bonchev–Trinajstić information content (AvgIpc) is 2.04. The molecular weight excluding hydrogens is 268 g/mol. The van der Waals surface area contributed by atoms with Gasteiger partial charge in [0.2, 0.25) is 0 Å². The fraction of sp³-hybridized carbons (Fsp3) is 0. The molecule has 0 amide bonds. The van der Waals surface area contributed by atoms with Crippen molar-refractivity contribution in [1.29, 1.82) is 0 Å². The first-order valence-electron chi connectivity index (χ1n) is 3.49. The first-order valence-corrected chi connectivity index (χ1v) is 5.14. The Hall–Kier alpha value is -0.320. The molecule has 1 nitrogen and oxygen atoms in total. The summed E-state index contributed by atoms with van der Waals surface area (Å²) in [7, 11) is 0. The molecule has 0 aromatic heterocycles. The SMILES string of the molecule is O/C(=C/C(=S)S)c1ccc(Br)cc1. The summed E-state index contributed by atoms with van der Waals surface area (Å²) in [5.41, 5.74) is 0.722. The van der Waals surface area contributed by atoms with E-state index in [0.717, 1.165) is 10.0 Å². The van der Waals surface area contributed by atoms with E-state index in [9.17, 15) is 5.11 Å². The molecule has 0 unspecified atom stereocenters. The molecular formula is C9H7BrOS2. The van der Waals surface area contributed by atoms with E-state index in [0.29, 0.717) is 4.20 Å². The van der Waals surface area contributed by atoms with Gasteiger partial charge in [-0.25, -0.2) is 0 Å². The van der Waals surface area contributed by atoms with Gasteiger partial charge in [-0.15, -0.1) is 12.6 Å². The normalized spacial score (nSPS) is 11.4. The molecule has 0 saturated heterocycles. The molecule has 0 bridgehead atoms. The van der Waals surface area contributed by atoms with E-state index in [1.165, 1.54) is 6.08 Å². The lowest BCUT2D eigenvalue weighted by Gasteiger charge is -1.99. The monoisotopic (exact) mass is 274 g/mol. The Kier molecular flexibility index (Phi) is 3.96. The topological polar surface area (TPSA) is 20.2 Å². The summed E-state index contributed by atoms with van der Waals surface area (Å²) >= 11 is 11.9. The lowest BCUT2D eigenvalue weighted by molar-refractivity contribution is 0.512. The summed E-state index contributed by atoms with van der Waals surface area (Å²) in [5.74, 6) is 0.132. The van der Waals surface area contributed by atoms with Crippen molar-refractivity contribution in [2.45, 2.75) is 0 Å². The minimum atomic E-state index is 0.132. The van der Waals surface area contributed by atoms with Crippen molar-refractivity contribution in [3.63, 3.8) is 0 Å². The molecule has 0 aliphatic rings. The summed E-state index contributed by atoms with van der Waals surface area (Å²) in [5, 5.41) is 9.49. The second kappa shape index (κ2) is 4.79. The van der Waals surface area contributed by atoms with Gasteiger partial charge in [0.05, 0.1) is 4.20 Å². The second-order valence-electron chi connectivity index (χ2n) is 2.37. The van der Waals surface area contributed by atoms with Crippen LogP contribution in [0.5, 0.6) is 0 Å². The fourth-order valence-corrected chi connectivity index (χ4v) is 1.32. The number of benzene rings is 1. The minimum absolute atomic E-state index is 0.132. The molecule has 0 radical (unpaired) electrons. The van der Waals surface area contributed by atoms with Crippen LogP contribution in [0.15, 0.2) is 34.8 Å². The van der Waals surface area contributed by atoms with E-state index < -0.39 is 0 Å². The van der Waals surface area contributed by atoms with Crippen LogP contribution in [-0.2, 0) is 0 Å². The molecule has 1 aromatic rings. The van der Waals surface area contributed by atoms with Crippen molar-refractivity contribution >= 4 is 50.7 Å². The summed E-state index contributed by atoms with van der Waals surface area (Å²) in [6.07, 6.45) is 1.43. The van der Waals surface area contributed by atoms with Crippen molar-refractivity contribution < 1.29 is 5.11 Å². The first-order chi connectivity index (χ1) is 6.09. The molecule has 0 atom stereocenters. The number of thiocarbonyl (C=S) groups is 1. The summed E-state index contributed by atoms with van der Waals surface area (Å²) in [4.78, 5) is 0. The largest absolute Gasteiger partial charge is 0.507 e. The number of hydrogen-bond acceptors (Lipinski definition) is 2. The van der Waals surface area contributed by atoms with Crippen molar-refractivity contribution in [3.05, 3.63) is 40.4 Å². The smallest absolute Gasteiger partial charge is 0.124 e. The van der Waals surface area contributed by atoms with E-state index in [4.69, 9.17) is 12.2 Å². The highest BCUT2D eigenvalue weighted by atomic mass is 79.9. The number of rotatable bonds is 2. The number of halogens is 1. The molecule has 0 aliphatic heterocycles. The third-order valence-electron chi connectivity index (χ3n) is 1.40. The predicted octanol–water partition coefficient (Wildman–Crippen LogP) is 3.61. The predicted molar refractivity (Wildman–Crippen MR) is 66.3 cm³/mol. The molecule has 4 heteroatoms. The molecule has 1 rings (SSSR count). The van der Waals surface area contributed by atoms with Gasteiger partial charge in [0.25, 0.3) is 0 Å². The van der Waals surface area contributed by atoms with E-state index in [2.05, 4.69) is 28.6 Å². The highest BCUT2D eigenvalue weighted by Crippen LogP contribution is 2.16. The van der Waals surface area contributed by atoms with Gasteiger partial charge in [-0.05, 0) is 12.1 Å². The third-order valence-corrected chi connectivity index (χ3v) is 2.18. The number of hydrogen-bond donors (Lipinski definition) is 2. The third kappa shape index (κ3) is 3.50. The highest BCUT2D eigenvalue weighted by molar-refractivity contribution is 9.10. The fourth-order valence-electron chi connectivity index (χ4n) is 0.821. The Bertz CT molecular complexity index is 343. The van der Waals surface area contributed by atoms with Crippen LogP contribution < -0.4 is 0 Å². The van der Waals surface area contributed by atoms with E-state index in [1.54, 1.807) is 12.1 Å². The van der Waals surface area contributed by atoms with Crippen LogP contribution in [0.2, 0.25) is 0 Å². The van der Waals surface area contributed by atoms with Crippen LogP contribution in [0.1, 0.15) is 5.56 Å². The Balaban J connectivity index is 2.96. The van der Waals surface area contributed by atoms with Gasteiger partial charge < -0.3 is 5.11 Å². The maximum absolute atomic E-state index is 9.49. The maximum atomic E-state index is 9.49. The molecule has 0 spiro atoms. The van der Waals surface area contributed by atoms with Crippen LogP contribution in [-0.4, -0.2) is 9.30 Å². The molecule has 0 saturated carbocycles. The van der Waals surface area contributed by atoms with Gasteiger partial charge >= 0.3 is 0 Å². The van der Waals surface area contributed by atoms with Gasteiger partial charge in [-0.3, -0.25) is 0 Å². The average molecular weight is 275 g/mol. The van der Waals surface area contributed by atoms with Gasteiger partial charge in [0.1, 0.15) is 5.76 Å². The Morgan fingerprint density at radius 3 is 2.38 bits per heavy atom. The molecule has 0 aliphatic carbocycles. The highest BCUT2D eigenvalue weighted by Gasteiger charge is 1.98. The Morgan fingerprint density at radius 1 is 1.38 bits per heavy atom. The summed E-state index contributed by atoms with van der Waals surface area (Å²) < 4.78 is 1.33. The zero-order valence-corrected chi connectivity index (χ0v) is 9.86. The summed E-state index contributed by atoms with van der Waals surface area (Å²) in [6, 6.07) is 7.28. The van der Waals surface area contributed by atoms with Gasteiger partial charge in [-0.2, -0.15) is 0 Å². The van der Waals surface area contributed by atoms with Crippen LogP contribution >= 0.6 is 40.8 Å². The quantitative estimate of drug-likeness (QED) is 0.372. The van der Waals surface area contributed by atoms with Crippen LogP contribution in [0.3, 0.4) is 0 Å². The summed E-state index contributed by atoms with van der Waals surface area (Å²) in [6.45, 7) is 0. The van der Waals surface area contributed by atoms with Crippen molar-refractivity contribution in [3.8, 4) is 0 Å². The molecule has 1 aromatic carbocycles. The Labute approximate surface area is 96.0 Å². The zero-order valence-electron chi connectivity index (χ0n) is 6.57. The first kappa shape index (κ1) is 10.8. The van der Waals surface area contributed by atoms with Crippen molar-refractivity contribution in [2.75, 3.05) is 0 Å². The van der Waals surface area contributed by atoms with Crippen molar-refractivity contribution in [1.82, 2.24) is 0 Å². The molecule has 0 heterocycles. The van der Waals surface area contributed by atoms with Crippen LogP contribution in [0.4, 0.5) is 0 Å². The lowest BCUT2D eigenvalue weighted by Crippen LogP contribution is -1.84. The van der Waals surface area contributed by atoms with Crippen LogP contribution in [0.25, 0.3) is 5.76 Å². The Morgan fingerprint density at radius 2 is 1.92 bits per heavy atom. The second-order valence-corrected chi connectivity index (χ2v) is 4.51. The molecule has 0 fully saturated rings. The van der Waals surface area contributed by atoms with E-state index in [-0.39, 0.29) is 5.76 Å². The minimum Gasteiger partial charge on any atom is -0.507 e. The molecule has 13 heavy (non-hydrogen) atoms. The number of aliphatic hydroxyl groups is 1. The molecule has 68 valence electrons. The zero-order chi connectivity index (χ0) is 9.84. The standard InChI is InChI=1S/C9H7BrOS2/c10-7-3-1-6(2-4-7)8(11)5-9(12)13/h1-5,11H,(H,12,13)/b8-5+. The molecule has 1 N–H and O–H groups in total. The van der Waals surface area contributed by atoms with Gasteiger partial charge in [0.15, 0.2) is 0 Å².